The van der Waals surface area contributed by atoms with Gasteiger partial charge in [0, 0.05) is 18.8 Å². The number of hydrogen-bond donors (Lipinski definition) is 3. The number of aromatic amines is 1. The minimum absolute atomic E-state index is 0.0256. The second-order valence-corrected chi connectivity index (χ2v) is 3.89. The fourth-order valence-corrected chi connectivity index (χ4v) is 1.61. The number of carbonyl (C=O) groups is 1. The van der Waals surface area contributed by atoms with Gasteiger partial charge in [0.15, 0.2) is 0 Å². The first-order valence-electron chi connectivity index (χ1n) is 5.76. The van der Waals surface area contributed by atoms with Gasteiger partial charge in [0.05, 0.1) is 6.54 Å². The van der Waals surface area contributed by atoms with Crippen LogP contribution in [0.2, 0.25) is 0 Å². The van der Waals surface area contributed by atoms with Crippen LogP contribution in [0.25, 0.3) is 0 Å². The molecule has 0 amide bonds. The van der Waals surface area contributed by atoms with E-state index >= 15 is 0 Å². The van der Waals surface area contributed by atoms with Crippen LogP contribution >= 0.6 is 0 Å². The molecule has 0 aliphatic heterocycles. The minimum atomic E-state index is -1.04. The van der Waals surface area contributed by atoms with Gasteiger partial charge in [-0.15, -0.1) is 0 Å². The summed E-state index contributed by atoms with van der Waals surface area (Å²) in [4.78, 5) is 17.8. The van der Waals surface area contributed by atoms with Gasteiger partial charge in [0.1, 0.15) is 11.6 Å². The van der Waals surface area contributed by atoms with Gasteiger partial charge in [0.2, 0.25) is 5.76 Å². The largest absolute Gasteiger partial charge is 0.475 e. The molecule has 6 nitrogen and oxygen atoms in total. The van der Waals surface area contributed by atoms with E-state index in [4.69, 9.17) is 9.52 Å². The molecule has 0 aromatic carbocycles. The summed E-state index contributed by atoms with van der Waals surface area (Å²) >= 11 is 0. The van der Waals surface area contributed by atoms with Crippen molar-refractivity contribution in [3.63, 3.8) is 0 Å². The van der Waals surface area contributed by atoms with E-state index in [0.717, 1.165) is 25.2 Å². The Hall–Kier alpha value is -2.08. The molecule has 0 atom stereocenters. The lowest BCUT2D eigenvalue weighted by molar-refractivity contribution is 0.0660. The van der Waals surface area contributed by atoms with Gasteiger partial charge in [0.25, 0.3) is 0 Å². The van der Waals surface area contributed by atoms with E-state index in [2.05, 4.69) is 15.3 Å². The summed E-state index contributed by atoms with van der Waals surface area (Å²) in [5.74, 6) is 0.537. The molecule has 0 radical (unpaired) electrons. The standard InChI is InChI=1S/C12H15N3O3/c16-12(17)10-4-3-9(18-10)8-13-5-1-2-11-14-6-7-15-11/h3-4,6-7,13H,1-2,5,8H2,(H,14,15)(H,16,17). The lowest BCUT2D eigenvalue weighted by Crippen LogP contribution is -2.15. The van der Waals surface area contributed by atoms with E-state index in [1.807, 2.05) is 0 Å². The highest BCUT2D eigenvalue weighted by Gasteiger charge is 2.08. The van der Waals surface area contributed by atoms with Crippen LogP contribution in [0.4, 0.5) is 0 Å². The van der Waals surface area contributed by atoms with Crippen molar-refractivity contribution in [2.45, 2.75) is 19.4 Å². The number of carboxylic acids is 1. The van der Waals surface area contributed by atoms with E-state index in [-0.39, 0.29) is 5.76 Å². The second-order valence-electron chi connectivity index (χ2n) is 3.89. The average molecular weight is 249 g/mol. The van der Waals surface area contributed by atoms with E-state index in [9.17, 15) is 4.79 Å². The molecule has 2 rings (SSSR count). The van der Waals surface area contributed by atoms with Crippen LogP contribution in [0.15, 0.2) is 28.9 Å². The fourth-order valence-electron chi connectivity index (χ4n) is 1.61. The number of aryl methyl sites for hydroxylation is 1. The van der Waals surface area contributed by atoms with E-state index in [0.29, 0.717) is 12.3 Å². The fraction of sp³-hybridized carbons (Fsp3) is 0.333. The third-order valence-corrected chi connectivity index (χ3v) is 2.49. The van der Waals surface area contributed by atoms with Crippen molar-refractivity contribution in [1.82, 2.24) is 15.3 Å². The van der Waals surface area contributed by atoms with E-state index in [1.54, 1.807) is 18.5 Å². The zero-order chi connectivity index (χ0) is 12.8. The zero-order valence-electron chi connectivity index (χ0n) is 9.85. The first-order chi connectivity index (χ1) is 8.75. The highest BCUT2D eigenvalue weighted by Crippen LogP contribution is 2.07. The van der Waals surface area contributed by atoms with E-state index < -0.39 is 5.97 Å². The second kappa shape index (κ2) is 6.02. The Kier molecular flexibility index (Phi) is 4.14. The summed E-state index contributed by atoms with van der Waals surface area (Å²) in [7, 11) is 0. The maximum Gasteiger partial charge on any atom is 0.371 e. The Bertz CT molecular complexity index is 490. The predicted octanol–water partition coefficient (Wildman–Crippen LogP) is 1.42. The molecule has 0 fully saturated rings. The smallest absolute Gasteiger partial charge is 0.371 e. The molecular formula is C12H15N3O3. The molecule has 0 bridgehead atoms. The van der Waals surface area contributed by atoms with Crippen molar-refractivity contribution < 1.29 is 14.3 Å². The molecule has 0 spiro atoms. The van der Waals surface area contributed by atoms with Gasteiger partial charge >= 0.3 is 5.97 Å². The third-order valence-electron chi connectivity index (χ3n) is 2.49. The van der Waals surface area contributed by atoms with Crippen LogP contribution in [0, 0.1) is 0 Å². The van der Waals surface area contributed by atoms with Crippen molar-refractivity contribution in [1.29, 1.82) is 0 Å². The minimum Gasteiger partial charge on any atom is -0.475 e. The topological polar surface area (TPSA) is 91.1 Å². The van der Waals surface area contributed by atoms with Crippen molar-refractivity contribution in [3.05, 3.63) is 41.9 Å². The number of imidazole rings is 1. The summed E-state index contributed by atoms with van der Waals surface area (Å²) in [5, 5.41) is 11.9. The number of rotatable bonds is 7. The van der Waals surface area contributed by atoms with Gasteiger partial charge in [-0.05, 0) is 25.1 Å². The van der Waals surface area contributed by atoms with Crippen molar-refractivity contribution in [3.8, 4) is 0 Å². The number of furan rings is 1. The van der Waals surface area contributed by atoms with Crippen molar-refractivity contribution in [2.75, 3.05) is 6.54 Å². The number of carboxylic acid groups (broad SMARTS) is 1. The predicted molar refractivity (Wildman–Crippen MR) is 64.3 cm³/mol. The monoisotopic (exact) mass is 249 g/mol. The van der Waals surface area contributed by atoms with Gasteiger partial charge in [-0.2, -0.15) is 0 Å². The molecule has 18 heavy (non-hydrogen) atoms. The maximum atomic E-state index is 10.6. The number of aromatic nitrogens is 2. The molecule has 0 saturated heterocycles. The molecule has 0 aliphatic carbocycles. The summed E-state index contributed by atoms with van der Waals surface area (Å²) in [6.07, 6.45) is 5.39. The number of nitrogens with zero attached hydrogens (tertiary/aromatic N) is 1. The van der Waals surface area contributed by atoms with Crippen LogP contribution in [-0.4, -0.2) is 27.6 Å². The first-order valence-corrected chi connectivity index (χ1v) is 5.76. The summed E-state index contributed by atoms with van der Waals surface area (Å²) in [5.41, 5.74) is 0. The lowest BCUT2D eigenvalue weighted by Gasteiger charge is -2.01. The Labute approximate surface area is 104 Å². The van der Waals surface area contributed by atoms with Crippen LogP contribution < -0.4 is 5.32 Å². The molecule has 2 aromatic rings. The average Bonchev–Trinajstić information content (AvgIpc) is 2.98. The Morgan fingerprint density at radius 2 is 2.39 bits per heavy atom. The molecule has 96 valence electrons. The molecule has 2 aromatic heterocycles. The zero-order valence-corrected chi connectivity index (χ0v) is 9.85. The van der Waals surface area contributed by atoms with E-state index in [1.165, 1.54) is 6.07 Å². The Morgan fingerprint density at radius 3 is 3.06 bits per heavy atom. The third kappa shape index (κ3) is 3.46. The number of hydrogen-bond acceptors (Lipinski definition) is 4. The maximum absolute atomic E-state index is 10.6. The summed E-state index contributed by atoms with van der Waals surface area (Å²) in [6, 6.07) is 3.13. The van der Waals surface area contributed by atoms with Crippen LogP contribution in [-0.2, 0) is 13.0 Å². The lowest BCUT2D eigenvalue weighted by atomic mass is 10.3. The van der Waals surface area contributed by atoms with Crippen LogP contribution in [0.5, 0.6) is 0 Å². The Morgan fingerprint density at radius 1 is 1.50 bits per heavy atom. The number of H-pyrrole nitrogens is 1. The number of aromatic carboxylic acids is 1. The van der Waals surface area contributed by atoms with Gasteiger partial charge in [-0.25, -0.2) is 9.78 Å². The summed E-state index contributed by atoms with van der Waals surface area (Å²) < 4.78 is 5.12. The first kappa shape index (κ1) is 12.4. The molecule has 6 heteroatoms. The van der Waals surface area contributed by atoms with Gasteiger partial charge < -0.3 is 19.8 Å². The molecule has 3 N–H and O–H groups in total. The number of nitrogens with one attached hydrogen (secondary N) is 2. The molecular weight excluding hydrogens is 234 g/mol. The SMILES string of the molecule is O=C(O)c1ccc(CNCCCc2ncc[nH]2)o1. The highest BCUT2D eigenvalue weighted by molar-refractivity contribution is 5.84. The van der Waals surface area contributed by atoms with Crippen LogP contribution in [0.1, 0.15) is 28.6 Å². The van der Waals surface area contributed by atoms with Crippen LogP contribution in [0.3, 0.4) is 0 Å². The quantitative estimate of drug-likeness (QED) is 0.645. The highest BCUT2D eigenvalue weighted by atomic mass is 16.4. The van der Waals surface area contributed by atoms with Gasteiger partial charge in [-0.1, -0.05) is 0 Å². The molecule has 2 heterocycles. The van der Waals surface area contributed by atoms with Gasteiger partial charge in [-0.3, -0.25) is 0 Å². The van der Waals surface area contributed by atoms with Crippen molar-refractivity contribution >= 4 is 5.97 Å². The summed E-state index contributed by atoms with van der Waals surface area (Å²) in [6.45, 7) is 1.36. The van der Waals surface area contributed by atoms with Crippen molar-refractivity contribution in [2.24, 2.45) is 0 Å². The normalized spacial score (nSPS) is 10.7. The molecule has 0 unspecified atom stereocenters. The molecule has 0 aliphatic rings. The molecule has 0 saturated carbocycles. The Balaban J connectivity index is 1.64.